The lowest BCUT2D eigenvalue weighted by atomic mass is 9.87. The summed E-state index contributed by atoms with van der Waals surface area (Å²) in [6.07, 6.45) is -14.4. The number of rotatable bonds is 16. The summed E-state index contributed by atoms with van der Waals surface area (Å²) in [6.45, 7) is 7.78. The Morgan fingerprint density at radius 1 is 0.489 bits per heavy atom. The maximum absolute atomic E-state index is 13.3. The van der Waals surface area contributed by atoms with Gasteiger partial charge in [0.2, 0.25) is 18.1 Å². The van der Waals surface area contributed by atoms with Crippen LogP contribution in [-0.2, 0) is 107 Å². The molecular weight excluding hydrogens is 1220 g/mol. The molecule has 0 unspecified atom stereocenters. The minimum Gasteiger partial charge on any atom is -0.493 e. The highest BCUT2D eigenvalue weighted by Gasteiger charge is 2.58. The van der Waals surface area contributed by atoms with Crippen molar-refractivity contribution in [1.29, 1.82) is 0 Å². The number of hydrogen-bond acceptors (Lipinski definition) is 25. The molecule has 4 aromatic rings. The maximum Gasteiger partial charge on any atom is 0.303 e. The van der Waals surface area contributed by atoms with Gasteiger partial charge in [-0.25, -0.2) is 0 Å². The number of methoxy groups -OCH3 is 3. The van der Waals surface area contributed by atoms with Crippen LogP contribution in [0.5, 0.6) is 46.0 Å². The summed E-state index contributed by atoms with van der Waals surface area (Å²) >= 11 is 0. The van der Waals surface area contributed by atoms with Gasteiger partial charge in [0.1, 0.15) is 37.3 Å². The number of nitrogens with zero attached hydrogens (tertiary/aromatic N) is 2. The van der Waals surface area contributed by atoms with Gasteiger partial charge >= 0.3 is 41.8 Å². The highest BCUT2D eigenvalue weighted by molar-refractivity contribution is 5.85. The van der Waals surface area contributed by atoms with Crippen LogP contribution < -0.4 is 28.4 Å². The molecule has 27 heteroatoms. The van der Waals surface area contributed by atoms with Gasteiger partial charge < -0.3 is 75.8 Å². The van der Waals surface area contributed by atoms with Crippen molar-refractivity contribution in [2.24, 2.45) is 0 Å². The van der Waals surface area contributed by atoms with Crippen LogP contribution in [0, 0.1) is 0 Å². The van der Waals surface area contributed by atoms with Crippen LogP contribution in [0.15, 0.2) is 60.7 Å². The minimum atomic E-state index is -1.89. The van der Waals surface area contributed by atoms with E-state index >= 15 is 0 Å². The van der Waals surface area contributed by atoms with E-state index in [1.807, 2.05) is 43.4 Å². The second kappa shape index (κ2) is 30.4. The molecule has 12 atom stereocenters. The third-order valence-corrected chi connectivity index (χ3v) is 15.8. The van der Waals surface area contributed by atoms with E-state index in [0.29, 0.717) is 60.3 Å². The van der Waals surface area contributed by atoms with Crippen molar-refractivity contribution in [3.05, 3.63) is 94.0 Å². The first-order valence-corrected chi connectivity index (χ1v) is 28.7. The van der Waals surface area contributed by atoms with E-state index in [0.717, 1.165) is 94.8 Å². The molecular formula is C63H76Cl2N2O23. The van der Waals surface area contributed by atoms with Gasteiger partial charge in [-0.3, -0.25) is 43.4 Å². The van der Waals surface area contributed by atoms with Gasteiger partial charge in [-0.1, -0.05) is 18.2 Å². The Hall–Kier alpha value is -7.65. The molecule has 0 spiro atoms. The Morgan fingerprint density at radius 2 is 0.978 bits per heavy atom. The lowest BCUT2D eigenvalue weighted by Crippen LogP contribution is -2.67. The van der Waals surface area contributed by atoms with Crippen LogP contribution in [-0.4, -0.2) is 175 Å². The Balaban J connectivity index is 0.00000576. The Morgan fingerprint density at radius 3 is 1.56 bits per heavy atom. The Bertz CT molecular complexity index is 3270. The van der Waals surface area contributed by atoms with Gasteiger partial charge in [-0.15, -0.1) is 24.8 Å². The fraction of sp³-hybridized carbons (Fsp3) is 0.508. The molecule has 2 saturated heterocycles. The maximum atomic E-state index is 13.3. The summed E-state index contributed by atoms with van der Waals surface area (Å²) in [4.78, 5) is 94.2. The first kappa shape index (κ1) is 69.8. The van der Waals surface area contributed by atoms with Crippen molar-refractivity contribution < 1.29 is 109 Å². The van der Waals surface area contributed by atoms with Crippen molar-refractivity contribution >= 4 is 66.6 Å². The molecule has 6 aliphatic heterocycles. The van der Waals surface area contributed by atoms with Gasteiger partial charge in [0.05, 0.1) is 21.3 Å². The fourth-order valence-electron chi connectivity index (χ4n) is 11.9. The number of hydrogen-bond donors (Lipinski definition) is 0. The van der Waals surface area contributed by atoms with Gasteiger partial charge in [-0.05, 0) is 110 Å². The van der Waals surface area contributed by atoms with Crippen molar-refractivity contribution in [1.82, 2.24) is 9.80 Å². The highest BCUT2D eigenvalue weighted by atomic mass is 35.5. The van der Waals surface area contributed by atoms with Gasteiger partial charge in [-0.2, -0.15) is 0 Å². The van der Waals surface area contributed by atoms with Gasteiger partial charge in [0, 0.05) is 79.2 Å². The Labute approximate surface area is 533 Å². The van der Waals surface area contributed by atoms with E-state index in [9.17, 15) is 33.6 Å². The number of benzene rings is 4. The van der Waals surface area contributed by atoms with E-state index in [1.54, 1.807) is 33.5 Å². The predicted molar refractivity (Wildman–Crippen MR) is 319 cm³/mol. The molecule has 10 rings (SSSR count). The molecule has 0 amide bonds. The van der Waals surface area contributed by atoms with Crippen molar-refractivity contribution in [2.45, 2.75) is 148 Å². The fourth-order valence-corrected chi connectivity index (χ4v) is 11.9. The monoisotopic (exact) mass is 1300 g/mol. The average molecular weight is 1300 g/mol. The first-order chi connectivity index (χ1) is 42.0. The van der Waals surface area contributed by atoms with E-state index in [4.69, 9.17) is 75.8 Å². The molecule has 25 nitrogen and oxygen atoms in total. The van der Waals surface area contributed by atoms with E-state index < -0.39 is 116 Å². The average Bonchev–Trinajstić information content (AvgIpc) is 0.804. The van der Waals surface area contributed by atoms with Crippen molar-refractivity contribution in [3.63, 3.8) is 0 Å². The van der Waals surface area contributed by atoms with Crippen molar-refractivity contribution in [3.8, 4) is 46.0 Å². The first-order valence-electron chi connectivity index (χ1n) is 28.7. The minimum absolute atomic E-state index is 0. The molecule has 0 aromatic heterocycles. The molecule has 6 aliphatic rings. The third-order valence-electron chi connectivity index (χ3n) is 15.8. The Kier molecular flexibility index (Phi) is 23.6. The molecule has 0 saturated carbocycles. The largest absolute Gasteiger partial charge is 0.493 e. The van der Waals surface area contributed by atoms with Crippen molar-refractivity contribution in [2.75, 3.05) is 61.7 Å². The van der Waals surface area contributed by atoms with Crippen LogP contribution in [0.25, 0.3) is 0 Å². The molecule has 490 valence electrons. The summed E-state index contributed by atoms with van der Waals surface area (Å²) < 4.78 is 97.9. The van der Waals surface area contributed by atoms with Gasteiger partial charge in [0.15, 0.2) is 65.2 Å². The number of fused-ring (bicyclic) bond motifs is 2. The smallest absolute Gasteiger partial charge is 0.303 e. The summed E-state index contributed by atoms with van der Waals surface area (Å²) in [7, 11) is 8.92. The molecule has 4 aromatic carbocycles. The van der Waals surface area contributed by atoms with Crippen LogP contribution in [0.3, 0.4) is 0 Å². The lowest BCUT2D eigenvalue weighted by molar-refractivity contribution is -0.354. The SMILES string of the molecule is COc1cc2c3cc1Oc1c(OC)c(OC)cc4c1[C@@H](Cc1ccc(O[C@@H]5O[C@H](COC(C)=O)[C@@H](O[C@@H]6O[C@H](COC(C)=O)[C@@H](OC(C)=O)[C@H](OC(C)=O)[C@H]6OC(C)=O)[C@H](OC(C)=O)[C@H]5OC(C)=O)c(c1)Oc1ccc(cc1)C[C@@H]3N(C)CC2)N(C)CC4.Cl.Cl. The lowest BCUT2D eigenvalue weighted by Gasteiger charge is -2.48. The molecule has 0 radical (unpaired) electrons. The van der Waals surface area contributed by atoms with E-state index in [-0.39, 0.29) is 48.4 Å². The molecule has 0 aliphatic carbocycles. The number of ether oxygens (including phenoxy) is 16. The summed E-state index contributed by atoms with van der Waals surface area (Å²) in [5, 5.41) is 0. The molecule has 0 N–H and O–H groups in total. The molecule has 90 heavy (non-hydrogen) atoms. The zero-order chi connectivity index (χ0) is 63.2. The number of carbonyl (C=O) groups excluding carboxylic acids is 7. The third kappa shape index (κ3) is 16.1. The number of halogens is 2. The van der Waals surface area contributed by atoms with Crippen LogP contribution in [0.2, 0.25) is 0 Å². The zero-order valence-electron chi connectivity index (χ0n) is 52.0. The highest BCUT2D eigenvalue weighted by Crippen LogP contribution is 2.52. The summed E-state index contributed by atoms with van der Waals surface area (Å²) in [5.74, 6) is -3.03. The number of likely N-dealkylation sites (N-methyl/N-ethyl adjacent to an activating group) is 2. The van der Waals surface area contributed by atoms with Crippen LogP contribution >= 0.6 is 24.8 Å². The number of esters is 7. The van der Waals surface area contributed by atoms with Crippen LogP contribution in [0.4, 0.5) is 0 Å². The molecule has 6 heterocycles. The van der Waals surface area contributed by atoms with E-state index in [2.05, 4.69) is 29.0 Å². The summed E-state index contributed by atoms with van der Waals surface area (Å²) in [6, 6.07) is 18.7. The van der Waals surface area contributed by atoms with E-state index in [1.165, 1.54) is 0 Å². The second-order valence-corrected chi connectivity index (χ2v) is 22.0. The standard InChI is InChI=1S/C63H74N2O23.2ClH/c1-31(66)76-29-51-55(78-33(3)68)58(79-34(4)69)61(82-37(7)72)63(87-51)88-56-52(30-77-32(2)67)86-62(60(81-36(6)71)59(56)80-35(5)70)85-46-18-15-39-24-45-53-41(20-22-65(45)9)27-50(74-11)54(75-12)57(53)84-49-28-43-40(26-47(49)73-10)19-21-64(8)44(43)23-38-13-16-42(17-14-38)83-48(46)25-39;;/h13-18,25-28,44-45,51-52,55-56,58-63H,19-24,29-30H2,1-12H3;2*1H/t44-,45+,51+,52+,55+,56+,58-,59-,60+,61+,62+,63-;;/m0../s1. The summed E-state index contributed by atoms with van der Waals surface area (Å²) in [5.41, 5.74) is 5.87. The second-order valence-electron chi connectivity index (χ2n) is 22.0. The van der Waals surface area contributed by atoms with Crippen LogP contribution in [0.1, 0.15) is 93.9 Å². The predicted octanol–water partition coefficient (Wildman–Crippen LogP) is 7.00. The molecule has 2 fully saturated rings. The zero-order valence-corrected chi connectivity index (χ0v) is 53.6. The topological polar surface area (TPSA) is 274 Å². The quantitative estimate of drug-likeness (QED) is 0.0807. The molecule has 6 bridgehead atoms. The normalized spacial score (nSPS) is 25.1. The number of carbonyl (C=O) groups is 7. The van der Waals surface area contributed by atoms with Gasteiger partial charge in [0.25, 0.3) is 0 Å².